The predicted octanol–water partition coefficient (Wildman–Crippen LogP) is 3.61. The van der Waals surface area contributed by atoms with Gasteiger partial charge in [0.25, 0.3) is 0 Å². The maximum absolute atomic E-state index is 12.8. The second-order valence-corrected chi connectivity index (χ2v) is 6.17. The van der Waals surface area contributed by atoms with E-state index in [1.807, 2.05) is 0 Å². The minimum Gasteiger partial charge on any atom is -0.302 e. The summed E-state index contributed by atoms with van der Waals surface area (Å²) in [6.07, 6.45) is 5.59. The number of benzene rings is 1. The Balaban J connectivity index is 1.61. The molecule has 5 heteroatoms. The van der Waals surface area contributed by atoms with Crippen LogP contribution in [0.25, 0.3) is 0 Å². The molecule has 20 heavy (non-hydrogen) atoms. The normalized spacial score (nSPS) is 14.8. The average Bonchev–Trinajstić information content (AvgIpc) is 2.77. The summed E-state index contributed by atoms with van der Waals surface area (Å²) in [7, 11) is 0. The molecule has 1 N–H and O–H groups in total. The number of anilines is 1. The number of rotatable bonds is 4. The van der Waals surface area contributed by atoms with Gasteiger partial charge in [-0.25, -0.2) is 9.37 Å². The Morgan fingerprint density at radius 1 is 1.35 bits per heavy atom. The van der Waals surface area contributed by atoms with E-state index in [1.165, 1.54) is 23.5 Å². The highest BCUT2D eigenvalue weighted by Crippen LogP contribution is 2.28. The van der Waals surface area contributed by atoms with Crippen molar-refractivity contribution in [3.05, 3.63) is 46.7 Å². The van der Waals surface area contributed by atoms with E-state index in [0.29, 0.717) is 11.6 Å². The Labute approximate surface area is 120 Å². The van der Waals surface area contributed by atoms with Crippen molar-refractivity contribution in [3.63, 3.8) is 0 Å². The summed E-state index contributed by atoms with van der Waals surface area (Å²) in [5, 5.41) is 3.52. The molecule has 3 rings (SSSR count). The first kappa shape index (κ1) is 13.2. The molecule has 0 aliphatic heterocycles. The second kappa shape index (κ2) is 5.71. The van der Waals surface area contributed by atoms with Gasteiger partial charge < -0.3 is 5.32 Å². The molecule has 0 unspecified atom stereocenters. The van der Waals surface area contributed by atoms with Crippen LogP contribution in [0, 0.1) is 11.7 Å². The quantitative estimate of drug-likeness (QED) is 0.934. The van der Waals surface area contributed by atoms with Crippen molar-refractivity contribution in [2.75, 3.05) is 5.32 Å². The van der Waals surface area contributed by atoms with Crippen LogP contribution < -0.4 is 5.32 Å². The van der Waals surface area contributed by atoms with Crippen molar-refractivity contribution in [1.29, 1.82) is 0 Å². The molecule has 0 bridgehead atoms. The van der Waals surface area contributed by atoms with Gasteiger partial charge in [-0.15, -0.1) is 11.3 Å². The van der Waals surface area contributed by atoms with Gasteiger partial charge in [0.15, 0.2) is 5.13 Å². The number of hydrogen-bond donors (Lipinski definition) is 1. The standard InChI is InChI=1S/C15H15FN2OS/c16-12-6-4-10(5-7-12)8-13-9-17-15(20-13)18-14(19)11-2-1-3-11/h4-7,9,11H,1-3,8H2,(H,17,18,19). The lowest BCUT2D eigenvalue weighted by Gasteiger charge is -2.23. The summed E-state index contributed by atoms with van der Waals surface area (Å²) in [5.41, 5.74) is 1.03. The van der Waals surface area contributed by atoms with Gasteiger partial charge in [-0.05, 0) is 30.5 Å². The third-order valence-corrected chi connectivity index (χ3v) is 4.46. The Morgan fingerprint density at radius 3 is 2.75 bits per heavy atom. The Kier molecular flexibility index (Phi) is 3.78. The van der Waals surface area contributed by atoms with E-state index >= 15 is 0 Å². The molecule has 0 spiro atoms. The molecule has 1 aromatic carbocycles. The number of carbonyl (C=O) groups excluding carboxylic acids is 1. The molecule has 1 aliphatic rings. The van der Waals surface area contributed by atoms with Crippen molar-refractivity contribution in [1.82, 2.24) is 4.98 Å². The fraction of sp³-hybridized carbons (Fsp3) is 0.333. The monoisotopic (exact) mass is 290 g/mol. The molecule has 0 radical (unpaired) electrons. The molecule has 104 valence electrons. The van der Waals surface area contributed by atoms with Crippen molar-refractivity contribution >= 4 is 22.4 Å². The number of nitrogens with one attached hydrogen (secondary N) is 1. The minimum absolute atomic E-state index is 0.0823. The van der Waals surface area contributed by atoms with Gasteiger partial charge in [0.1, 0.15) is 5.82 Å². The van der Waals surface area contributed by atoms with Crippen LogP contribution in [-0.4, -0.2) is 10.9 Å². The van der Waals surface area contributed by atoms with Crippen molar-refractivity contribution in [2.45, 2.75) is 25.7 Å². The zero-order valence-electron chi connectivity index (χ0n) is 10.9. The predicted molar refractivity (Wildman–Crippen MR) is 77.3 cm³/mol. The third-order valence-electron chi connectivity index (χ3n) is 3.55. The van der Waals surface area contributed by atoms with Crippen LogP contribution >= 0.6 is 11.3 Å². The topological polar surface area (TPSA) is 42.0 Å². The van der Waals surface area contributed by atoms with Crippen LogP contribution in [0.15, 0.2) is 30.5 Å². The van der Waals surface area contributed by atoms with Crippen molar-refractivity contribution in [3.8, 4) is 0 Å². The second-order valence-electron chi connectivity index (χ2n) is 5.05. The van der Waals surface area contributed by atoms with Crippen LogP contribution in [0.3, 0.4) is 0 Å². The van der Waals surface area contributed by atoms with E-state index in [0.717, 1.165) is 29.7 Å². The largest absolute Gasteiger partial charge is 0.302 e. The lowest BCUT2D eigenvalue weighted by molar-refractivity contribution is -0.122. The number of thiazole rings is 1. The van der Waals surface area contributed by atoms with Gasteiger partial charge in [0.05, 0.1) is 0 Å². The van der Waals surface area contributed by atoms with E-state index in [1.54, 1.807) is 18.3 Å². The van der Waals surface area contributed by atoms with Crippen molar-refractivity contribution in [2.24, 2.45) is 5.92 Å². The summed E-state index contributed by atoms with van der Waals surface area (Å²) < 4.78 is 12.8. The van der Waals surface area contributed by atoms with E-state index < -0.39 is 0 Å². The van der Waals surface area contributed by atoms with Crippen LogP contribution in [0.2, 0.25) is 0 Å². The number of aromatic nitrogens is 1. The van der Waals surface area contributed by atoms with Gasteiger partial charge >= 0.3 is 0 Å². The first-order valence-electron chi connectivity index (χ1n) is 6.71. The fourth-order valence-electron chi connectivity index (χ4n) is 2.13. The molecule has 0 saturated heterocycles. The summed E-state index contributed by atoms with van der Waals surface area (Å²) in [5.74, 6) is 0.0184. The molecule has 1 fully saturated rings. The van der Waals surface area contributed by atoms with Gasteiger partial charge in [0.2, 0.25) is 5.91 Å². The highest BCUT2D eigenvalue weighted by Gasteiger charge is 2.25. The molecule has 2 aromatic rings. The van der Waals surface area contributed by atoms with Gasteiger partial charge in [0, 0.05) is 23.4 Å². The third kappa shape index (κ3) is 3.04. The summed E-state index contributed by atoms with van der Waals surface area (Å²) >= 11 is 1.48. The fourth-order valence-corrected chi connectivity index (χ4v) is 2.98. The zero-order valence-corrected chi connectivity index (χ0v) is 11.8. The maximum atomic E-state index is 12.8. The summed E-state index contributed by atoms with van der Waals surface area (Å²) in [6, 6.07) is 6.44. The molecule has 1 aromatic heterocycles. The van der Waals surface area contributed by atoms with Gasteiger partial charge in [-0.1, -0.05) is 18.6 Å². The van der Waals surface area contributed by atoms with Crippen LogP contribution in [0.5, 0.6) is 0 Å². The molecule has 1 heterocycles. The zero-order chi connectivity index (χ0) is 13.9. The van der Waals surface area contributed by atoms with Crippen molar-refractivity contribution < 1.29 is 9.18 Å². The first-order chi connectivity index (χ1) is 9.70. The first-order valence-corrected chi connectivity index (χ1v) is 7.52. The van der Waals surface area contributed by atoms with E-state index in [4.69, 9.17) is 0 Å². The Morgan fingerprint density at radius 2 is 2.10 bits per heavy atom. The number of amides is 1. The van der Waals surface area contributed by atoms with Crippen LogP contribution in [0.4, 0.5) is 9.52 Å². The molecule has 1 amide bonds. The number of halogens is 1. The highest BCUT2D eigenvalue weighted by molar-refractivity contribution is 7.15. The molecule has 3 nitrogen and oxygen atoms in total. The molecular weight excluding hydrogens is 275 g/mol. The summed E-state index contributed by atoms with van der Waals surface area (Å²) in [6.45, 7) is 0. The molecule has 1 saturated carbocycles. The number of nitrogens with zero attached hydrogens (tertiary/aromatic N) is 1. The molecule has 0 atom stereocenters. The lowest BCUT2D eigenvalue weighted by Crippen LogP contribution is -2.27. The van der Waals surface area contributed by atoms with Crippen LogP contribution in [0.1, 0.15) is 29.7 Å². The molecular formula is C15H15FN2OS. The number of carbonyl (C=O) groups is 1. The van der Waals surface area contributed by atoms with Crippen LogP contribution in [-0.2, 0) is 11.2 Å². The smallest absolute Gasteiger partial charge is 0.229 e. The average molecular weight is 290 g/mol. The molecule has 1 aliphatic carbocycles. The van der Waals surface area contributed by atoms with Gasteiger partial charge in [-0.2, -0.15) is 0 Å². The Hall–Kier alpha value is -1.75. The van der Waals surface area contributed by atoms with E-state index in [2.05, 4.69) is 10.3 Å². The van der Waals surface area contributed by atoms with E-state index in [9.17, 15) is 9.18 Å². The van der Waals surface area contributed by atoms with E-state index in [-0.39, 0.29) is 17.6 Å². The Bertz CT molecular complexity index is 605. The summed E-state index contributed by atoms with van der Waals surface area (Å²) in [4.78, 5) is 17.1. The lowest BCUT2D eigenvalue weighted by atomic mass is 9.85. The minimum atomic E-state index is -0.230. The van der Waals surface area contributed by atoms with Gasteiger partial charge in [-0.3, -0.25) is 4.79 Å². The SMILES string of the molecule is O=C(Nc1ncc(Cc2ccc(F)cc2)s1)C1CCC1. The highest BCUT2D eigenvalue weighted by atomic mass is 32.1. The number of hydrogen-bond acceptors (Lipinski definition) is 3. The maximum Gasteiger partial charge on any atom is 0.229 e.